The van der Waals surface area contributed by atoms with Crippen molar-refractivity contribution in [2.75, 3.05) is 0 Å². The maximum absolute atomic E-state index is 2.67. The molecule has 6 atom stereocenters. The van der Waals surface area contributed by atoms with Gasteiger partial charge in [-0.25, -0.2) is 0 Å². The van der Waals surface area contributed by atoms with Crippen molar-refractivity contribution in [3.05, 3.63) is 34.9 Å². The Labute approximate surface area is 272 Å². The number of benzene rings is 1. The van der Waals surface area contributed by atoms with E-state index in [1.54, 1.807) is 11.1 Å². The average Bonchev–Trinajstić information content (AvgIpc) is 3.27. The minimum Gasteiger partial charge on any atom is -0.0683 e. The smallest absolute Gasteiger partial charge is 0.0125 e. The summed E-state index contributed by atoms with van der Waals surface area (Å²) in [5, 5.41) is 0. The molecule has 0 heterocycles. The number of rotatable bonds is 12. The molecule has 0 aromatic heterocycles. The predicted octanol–water partition coefficient (Wildman–Crippen LogP) is 14.5. The lowest BCUT2D eigenvalue weighted by molar-refractivity contribution is 0.00273. The fraction of sp³-hybridized carbons (Fsp3) is 0.860. The van der Waals surface area contributed by atoms with Gasteiger partial charge in [-0.1, -0.05) is 164 Å². The zero-order chi connectivity index (χ0) is 32.3. The Morgan fingerprint density at radius 1 is 0.791 bits per heavy atom. The molecule has 0 nitrogen and oxygen atoms in total. The molecule has 5 unspecified atom stereocenters. The molecule has 0 N–H and O–H groups in total. The molecule has 0 radical (unpaired) electrons. The van der Waals surface area contributed by atoms with Crippen LogP contribution in [0.2, 0.25) is 0 Å². The van der Waals surface area contributed by atoms with Crippen LogP contribution in [0.4, 0.5) is 0 Å². The van der Waals surface area contributed by atoms with E-state index in [1.807, 2.05) is 13.8 Å². The first kappa shape index (κ1) is 38.4. The molecule has 250 valence electrons. The number of aryl methyl sites for hydroxylation is 1. The van der Waals surface area contributed by atoms with Crippen molar-refractivity contribution in [3.8, 4) is 0 Å². The van der Waals surface area contributed by atoms with E-state index in [0.717, 1.165) is 29.6 Å². The molecule has 0 saturated heterocycles. The second kappa shape index (κ2) is 17.8. The van der Waals surface area contributed by atoms with Crippen LogP contribution in [0.1, 0.15) is 202 Å². The van der Waals surface area contributed by atoms with Gasteiger partial charge in [0.05, 0.1) is 0 Å². The third-order valence-electron chi connectivity index (χ3n) is 13.1. The molecule has 1 aromatic carbocycles. The third kappa shape index (κ3) is 10.1. The highest BCUT2D eigenvalue weighted by Gasteiger charge is 2.55. The normalized spacial score (nSPS) is 28.0. The van der Waals surface area contributed by atoms with Crippen molar-refractivity contribution in [1.29, 1.82) is 0 Å². The summed E-state index contributed by atoms with van der Waals surface area (Å²) in [6.07, 6.45) is 24.4. The molecule has 0 heteroatoms. The second-order valence-electron chi connectivity index (χ2n) is 17.0. The molecule has 1 aromatic rings. The third-order valence-corrected chi connectivity index (χ3v) is 13.1. The Hall–Kier alpha value is -0.780. The molecule has 4 rings (SSSR count). The molecule has 0 amide bonds. The van der Waals surface area contributed by atoms with Gasteiger partial charge in [-0.3, -0.25) is 0 Å². The quantitative estimate of drug-likeness (QED) is 0.211. The van der Waals surface area contributed by atoms with Crippen LogP contribution in [0, 0.1) is 46.8 Å². The Morgan fingerprint density at radius 2 is 1.40 bits per heavy atom. The second-order valence-corrected chi connectivity index (χ2v) is 17.0. The Morgan fingerprint density at radius 3 is 2.00 bits per heavy atom. The van der Waals surface area contributed by atoms with Crippen LogP contribution < -0.4 is 0 Å². The van der Waals surface area contributed by atoms with E-state index >= 15 is 0 Å². The van der Waals surface area contributed by atoms with Crippen LogP contribution in [0.5, 0.6) is 0 Å². The SMILES string of the molecule is CC.CCCCC(C)(C)C(C)(C)C.CCCCCCCCCC[C@@H]1Cc2cc(C)ccc2C2CCC3(C)C(C)CCC3C21. The lowest BCUT2D eigenvalue weighted by Gasteiger charge is -2.53. The number of fused-ring (bicyclic) bond motifs is 5. The maximum Gasteiger partial charge on any atom is -0.0125 e. The highest BCUT2D eigenvalue weighted by molar-refractivity contribution is 5.38. The zero-order valence-electron chi connectivity index (χ0n) is 31.6. The van der Waals surface area contributed by atoms with Crippen molar-refractivity contribution >= 4 is 0 Å². The predicted molar refractivity (Wildman–Crippen MR) is 195 cm³/mol. The molecule has 3 aliphatic carbocycles. The first-order chi connectivity index (χ1) is 20.4. The summed E-state index contributed by atoms with van der Waals surface area (Å²) in [5.74, 6) is 4.69. The summed E-state index contributed by atoms with van der Waals surface area (Å²) >= 11 is 0. The first-order valence-electron chi connectivity index (χ1n) is 19.4. The van der Waals surface area contributed by atoms with Crippen molar-refractivity contribution in [1.82, 2.24) is 0 Å². The van der Waals surface area contributed by atoms with Gasteiger partial charge >= 0.3 is 0 Å². The highest BCUT2D eigenvalue weighted by Crippen LogP contribution is 2.64. The van der Waals surface area contributed by atoms with Crippen molar-refractivity contribution in [2.45, 2.75) is 198 Å². The minimum atomic E-state index is 0.447. The van der Waals surface area contributed by atoms with E-state index in [0.29, 0.717) is 16.2 Å². The van der Waals surface area contributed by atoms with Gasteiger partial charge in [0, 0.05) is 0 Å². The molecule has 0 spiro atoms. The van der Waals surface area contributed by atoms with Crippen molar-refractivity contribution in [3.63, 3.8) is 0 Å². The van der Waals surface area contributed by atoms with Crippen LogP contribution in [0.15, 0.2) is 18.2 Å². The van der Waals surface area contributed by atoms with Gasteiger partial charge < -0.3 is 0 Å². The Balaban J connectivity index is 0.000000422. The van der Waals surface area contributed by atoms with Crippen LogP contribution in [-0.4, -0.2) is 0 Å². The first-order valence-corrected chi connectivity index (χ1v) is 19.4. The number of hydrogen-bond acceptors (Lipinski definition) is 0. The van der Waals surface area contributed by atoms with Crippen LogP contribution >= 0.6 is 0 Å². The molecule has 0 aliphatic heterocycles. The van der Waals surface area contributed by atoms with Gasteiger partial charge in [-0.2, -0.15) is 0 Å². The number of unbranched alkanes of at least 4 members (excludes halogenated alkanes) is 8. The Bertz CT molecular complexity index is 899. The van der Waals surface area contributed by atoms with Gasteiger partial charge in [0.15, 0.2) is 0 Å². The lowest BCUT2D eigenvalue weighted by atomic mass is 9.51. The maximum atomic E-state index is 2.67. The number of hydrogen-bond donors (Lipinski definition) is 0. The summed E-state index contributed by atoms with van der Waals surface area (Å²) in [7, 11) is 0. The molecule has 2 fully saturated rings. The van der Waals surface area contributed by atoms with Crippen LogP contribution in [0.25, 0.3) is 0 Å². The summed E-state index contributed by atoms with van der Waals surface area (Å²) < 4.78 is 0. The standard InChI is InChI=1S/C30H48.C11H24.C2H6/c1-5-6-7-8-9-10-11-12-13-24-21-25-20-22(2)14-16-26(25)27-18-19-30(4)23(3)15-17-28(30)29(24)27;1-7-8-9-11(5,6)10(2,3)4;1-2/h14,16,20,23-24,27-29H,5-13,15,17-19,21H2,1-4H3;7-9H2,1-6H3;1-2H3/t23?,24-,27?,28?,29?,30?;;/m1../s1. The summed E-state index contributed by atoms with van der Waals surface area (Å²) in [6.45, 7) is 27.9. The van der Waals surface area contributed by atoms with E-state index in [9.17, 15) is 0 Å². The summed E-state index contributed by atoms with van der Waals surface area (Å²) in [6, 6.07) is 7.45. The van der Waals surface area contributed by atoms with Crippen molar-refractivity contribution in [2.24, 2.45) is 39.9 Å². The summed E-state index contributed by atoms with van der Waals surface area (Å²) in [4.78, 5) is 0. The minimum absolute atomic E-state index is 0.447. The fourth-order valence-electron chi connectivity index (χ4n) is 9.00. The highest BCUT2D eigenvalue weighted by atomic mass is 14.6. The zero-order valence-corrected chi connectivity index (χ0v) is 31.6. The van der Waals surface area contributed by atoms with E-state index < -0.39 is 0 Å². The molecule has 3 aliphatic rings. The van der Waals surface area contributed by atoms with Gasteiger partial charge in [-0.05, 0) is 109 Å². The van der Waals surface area contributed by atoms with E-state index in [-0.39, 0.29) is 0 Å². The summed E-state index contributed by atoms with van der Waals surface area (Å²) in [5.41, 5.74) is 6.49. The van der Waals surface area contributed by atoms with Crippen LogP contribution in [-0.2, 0) is 6.42 Å². The van der Waals surface area contributed by atoms with Gasteiger partial charge in [0.1, 0.15) is 0 Å². The van der Waals surface area contributed by atoms with E-state index in [2.05, 4.69) is 87.4 Å². The molecule has 2 saturated carbocycles. The van der Waals surface area contributed by atoms with Gasteiger partial charge in [-0.15, -0.1) is 0 Å². The van der Waals surface area contributed by atoms with Gasteiger partial charge in [0.2, 0.25) is 0 Å². The molecular formula is C43H78. The fourth-order valence-corrected chi connectivity index (χ4v) is 9.00. The lowest BCUT2D eigenvalue weighted by Crippen LogP contribution is -2.45. The topological polar surface area (TPSA) is 0 Å². The van der Waals surface area contributed by atoms with E-state index in [4.69, 9.17) is 0 Å². The molecular weight excluding hydrogens is 516 g/mol. The van der Waals surface area contributed by atoms with Crippen molar-refractivity contribution < 1.29 is 0 Å². The van der Waals surface area contributed by atoms with E-state index in [1.165, 1.54) is 115 Å². The largest absolute Gasteiger partial charge is 0.0683 e. The monoisotopic (exact) mass is 595 g/mol. The van der Waals surface area contributed by atoms with Gasteiger partial charge in [0.25, 0.3) is 0 Å². The Kier molecular flexibility index (Phi) is 15.9. The molecule has 0 bridgehead atoms. The van der Waals surface area contributed by atoms with Crippen LogP contribution in [0.3, 0.4) is 0 Å². The average molecular weight is 595 g/mol. The molecule has 43 heavy (non-hydrogen) atoms.